The molecule has 0 aliphatic carbocycles. The summed E-state index contributed by atoms with van der Waals surface area (Å²) in [5.74, 6) is 0.140. The second-order valence-corrected chi connectivity index (χ2v) is 11.5. The maximum Gasteiger partial charge on any atom is 0.168 e. The molecule has 0 amide bonds. The lowest BCUT2D eigenvalue weighted by atomic mass is 9.68. The van der Waals surface area contributed by atoms with Gasteiger partial charge in [0.05, 0.1) is 0 Å². The second-order valence-electron chi connectivity index (χ2n) is 7.94. The average Bonchev–Trinajstić information content (AvgIpc) is 3.28. The van der Waals surface area contributed by atoms with Crippen LogP contribution in [-0.4, -0.2) is 9.99 Å². The molecule has 3 rings (SSSR count). The fraction of sp³-hybridized carbons (Fsp3) is 0.381. The Balaban J connectivity index is 1.90. The van der Waals surface area contributed by atoms with Crippen LogP contribution < -0.4 is 0 Å². The minimum absolute atomic E-state index is 0.140. The molecule has 0 spiro atoms. The first kappa shape index (κ1) is 18.4. The summed E-state index contributed by atoms with van der Waals surface area (Å²) >= 11 is 0. The number of carbonyl (C=O) groups is 1. The molecule has 1 aliphatic heterocycles. The summed E-state index contributed by atoms with van der Waals surface area (Å²) in [6.45, 7) is 8.27. The molecule has 0 bridgehead atoms. The molecule has 0 saturated carbocycles. The molecule has 0 aromatic heterocycles. The van der Waals surface area contributed by atoms with Gasteiger partial charge in [-0.25, -0.2) is 4.21 Å². The van der Waals surface area contributed by atoms with E-state index in [0.29, 0.717) is 6.42 Å². The summed E-state index contributed by atoms with van der Waals surface area (Å²) in [5, 5.41) is 0. The summed E-state index contributed by atoms with van der Waals surface area (Å²) in [5.41, 5.74) is 1.02. The predicted octanol–water partition coefficient (Wildman–Crippen LogP) is 5.58. The number of hydrogen-bond acceptors (Lipinski definition) is 3. The van der Waals surface area contributed by atoms with Crippen LogP contribution in [0.4, 0.5) is 0 Å². The van der Waals surface area contributed by atoms with Gasteiger partial charge in [0.25, 0.3) is 0 Å². The van der Waals surface area contributed by atoms with Gasteiger partial charge >= 0.3 is 0 Å². The summed E-state index contributed by atoms with van der Waals surface area (Å²) in [4.78, 5) is 13.0. The molecule has 2 atom stereocenters. The van der Waals surface area contributed by atoms with Crippen LogP contribution >= 0.6 is 10.8 Å². The highest BCUT2D eigenvalue weighted by atomic mass is 33.2. The summed E-state index contributed by atoms with van der Waals surface area (Å²) < 4.78 is 12.1. The van der Waals surface area contributed by atoms with Crippen LogP contribution in [0.25, 0.3) is 0 Å². The molecule has 2 nitrogen and oxygen atoms in total. The Labute approximate surface area is 156 Å². The van der Waals surface area contributed by atoms with Crippen molar-refractivity contribution in [3.8, 4) is 0 Å². The van der Waals surface area contributed by atoms with Crippen molar-refractivity contribution in [3.63, 3.8) is 0 Å². The third-order valence-corrected chi connectivity index (χ3v) is 9.27. The Bertz CT molecular complexity index is 797. The van der Waals surface area contributed by atoms with E-state index < -0.39 is 19.3 Å². The van der Waals surface area contributed by atoms with Gasteiger partial charge in [0, 0.05) is 11.0 Å². The Morgan fingerprint density at radius 1 is 0.960 bits per heavy atom. The highest BCUT2D eigenvalue weighted by Crippen LogP contribution is 2.71. The fourth-order valence-electron chi connectivity index (χ4n) is 3.90. The van der Waals surface area contributed by atoms with Crippen molar-refractivity contribution in [2.24, 2.45) is 10.8 Å². The van der Waals surface area contributed by atoms with Gasteiger partial charge < -0.3 is 0 Å². The van der Waals surface area contributed by atoms with Crippen molar-refractivity contribution in [1.29, 1.82) is 0 Å². The molecule has 1 aliphatic rings. The molecular formula is C21H24O2S2. The molecule has 4 heteroatoms. The zero-order chi connectivity index (χ0) is 18.3. The van der Waals surface area contributed by atoms with Gasteiger partial charge in [0.2, 0.25) is 0 Å². The van der Waals surface area contributed by atoms with E-state index in [2.05, 4.69) is 13.8 Å². The maximum atomic E-state index is 13.0. The number of Topliss-reactive ketones (excluding diaryl/α,β-unsaturated/α-hetero) is 1. The second kappa shape index (κ2) is 6.40. The third-order valence-electron chi connectivity index (χ3n) is 4.98. The maximum absolute atomic E-state index is 13.0. The van der Waals surface area contributed by atoms with Crippen molar-refractivity contribution >= 4 is 26.4 Å². The van der Waals surface area contributed by atoms with Crippen LogP contribution in [-0.2, 0) is 13.9 Å². The summed E-state index contributed by atoms with van der Waals surface area (Å²) in [6.07, 6.45) is 0.668. The SMILES string of the molecule is CC(C)(CC(C)(C)[C@]1(c2ccccc2)SS1=O)C(=O)c1ccccc1. The van der Waals surface area contributed by atoms with Gasteiger partial charge in [0.15, 0.2) is 5.78 Å². The Hall–Kier alpha value is -1.39. The van der Waals surface area contributed by atoms with Crippen LogP contribution in [0, 0.1) is 10.8 Å². The van der Waals surface area contributed by atoms with E-state index in [1.807, 2.05) is 74.5 Å². The third kappa shape index (κ3) is 3.22. The number of ketones is 1. The first-order chi connectivity index (χ1) is 11.7. The lowest BCUT2D eigenvalue weighted by Gasteiger charge is -2.38. The normalized spacial score (nSPS) is 23.3. The van der Waals surface area contributed by atoms with E-state index in [9.17, 15) is 9.00 Å². The van der Waals surface area contributed by atoms with E-state index in [4.69, 9.17) is 0 Å². The van der Waals surface area contributed by atoms with E-state index in [-0.39, 0.29) is 11.2 Å². The largest absolute Gasteiger partial charge is 0.294 e. The number of benzene rings is 2. The van der Waals surface area contributed by atoms with Crippen LogP contribution in [0.5, 0.6) is 0 Å². The quantitative estimate of drug-likeness (QED) is 0.377. The lowest BCUT2D eigenvalue weighted by molar-refractivity contribution is 0.0749. The predicted molar refractivity (Wildman–Crippen MR) is 107 cm³/mol. The molecular weight excluding hydrogens is 348 g/mol. The monoisotopic (exact) mass is 372 g/mol. The van der Waals surface area contributed by atoms with Gasteiger partial charge in [0.1, 0.15) is 13.9 Å². The zero-order valence-corrected chi connectivity index (χ0v) is 16.7. The molecule has 1 saturated heterocycles. The van der Waals surface area contributed by atoms with E-state index in [1.165, 1.54) is 10.8 Å². The average molecular weight is 373 g/mol. The topological polar surface area (TPSA) is 34.1 Å². The molecule has 25 heavy (non-hydrogen) atoms. The summed E-state index contributed by atoms with van der Waals surface area (Å²) in [7, 11) is 0.543. The van der Waals surface area contributed by atoms with E-state index in [0.717, 1.165) is 11.1 Å². The van der Waals surface area contributed by atoms with Crippen LogP contribution in [0.1, 0.15) is 50.0 Å². The standard InChI is InChI=1S/C21H24O2S2/c1-19(2,18(22)16-11-7-5-8-12-16)15-20(3,4)21(24-25(21)23)17-13-9-6-10-14-17/h5-14H,15H2,1-4H3/t21-,25?/m1/s1. The molecule has 132 valence electrons. The minimum atomic E-state index is -0.965. The van der Waals surface area contributed by atoms with Gasteiger partial charge in [-0.15, -0.1) is 0 Å². The molecule has 0 N–H and O–H groups in total. The Morgan fingerprint density at radius 3 is 1.92 bits per heavy atom. The fourth-order valence-corrected chi connectivity index (χ4v) is 8.18. The summed E-state index contributed by atoms with van der Waals surface area (Å²) in [6, 6.07) is 19.5. The minimum Gasteiger partial charge on any atom is -0.294 e. The Morgan fingerprint density at radius 2 is 1.44 bits per heavy atom. The lowest BCUT2D eigenvalue weighted by Crippen LogP contribution is -2.38. The Kier molecular flexibility index (Phi) is 4.71. The van der Waals surface area contributed by atoms with Gasteiger partial charge in [-0.2, -0.15) is 0 Å². The van der Waals surface area contributed by atoms with Crippen molar-refractivity contribution in [2.75, 3.05) is 0 Å². The molecule has 2 aromatic rings. The first-order valence-corrected chi connectivity index (χ1v) is 11.0. The molecule has 0 radical (unpaired) electrons. The molecule has 2 aromatic carbocycles. The molecule has 1 fully saturated rings. The smallest absolute Gasteiger partial charge is 0.168 e. The van der Waals surface area contributed by atoms with Crippen LogP contribution in [0.3, 0.4) is 0 Å². The van der Waals surface area contributed by atoms with Crippen LogP contribution in [0.15, 0.2) is 60.7 Å². The van der Waals surface area contributed by atoms with Crippen molar-refractivity contribution in [3.05, 3.63) is 71.8 Å². The highest BCUT2D eigenvalue weighted by molar-refractivity contribution is 8.85. The van der Waals surface area contributed by atoms with Crippen molar-refractivity contribution in [1.82, 2.24) is 0 Å². The van der Waals surface area contributed by atoms with Gasteiger partial charge in [-0.1, -0.05) is 88.4 Å². The van der Waals surface area contributed by atoms with E-state index in [1.54, 1.807) is 0 Å². The first-order valence-electron chi connectivity index (χ1n) is 8.47. The molecule has 1 unspecified atom stereocenters. The number of hydrogen-bond donors (Lipinski definition) is 0. The molecule has 1 heterocycles. The zero-order valence-electron chi connectivity index (χ0n) is 15.1. The van der Waals surface area contributed by atoms with Crippen molar-refractivity contribution in [2.45, 2.75) is 38.2 Å². The number of carbonyl (C=O) groups excluding carboxylic acids is 1. The number of rotatable bonds is 6. The van der Waals surface area contributed by atoms with Gasteiger partial charge in [-0.3, -0.25) is 4.79 Å². The van der Waals surface area contributed by atoms with Gasteiger partial charge in [-0.05, 0) is 28.2 Å². The van der Waals surface area contributed by atoms with Crippen LogP contribution in [0.2, 0.25) is 0 Å². The van der Waals surface area contributed by atoms with Crippen molar-refractivity contribution < 1.29 is 9.00 Å². The highest BCUT2D eigenvalue weighted by Gasteiger charge is 2.66. The van der Waals surface area contributed by atoms with E-state index >= 15 is 0 Å².